The Labute approximate surface area is 131 Å². The van der Waals surface area contributed by atoms with Crippen LogP contribution in [0.4, 0.5) is 11.5 Å². The van der Waals surface area contributed by atoms with Crippen molar-refractivity contribution in [3.8, 4) is 0 Å². The number of benzene rings is 1. The lowest BCUT2D eigenvalue weighted by Crippen LogP contribution is -2.08. The Bertz CT molecular complexity index is 860. The Kier molecular flexibility index (Phi) is 3.68. The molecular formula is C15H13ClN4O2. The minimum atomic E-state index is -0.528. The first-order chi connectivity index (χ1) is 10.6. The predicted octanol–water partition coefficient (Wildman–Crippen LogP) is 3.15. The summed E-state index contributed by atoms with van der Waals surface area (Å²) < 4.78 is 6.75. The maximum atomic E-state index is 11.8. The fourth-order valence-corrected chi connectivity index (χ4v) is 2.39. The third-order valence-electron chi connectivity index (χ3n) is 3.35. The van der Waals surface area contributed by atoms with Crippen molar-refractivity contribution in [1.82, 2.24) is 14.5 Å². The second-order valence-electron chi connectivity index (χ2n) is 4.68. The lowest BCUT2D eigenvalue weighted by molar-refractivity contribution is 0.0601. The summed E-state index contributed by atoms with van der Waals surface area (Å²) in [4.78, 5) is 19.7. The minimum absolute atomic E-state index is 0.0513. The molecule has 3 aromatic rings. The lowest BCUT2D eigenvalue weighted by atomic mass is 10.2. The number of fused-ring (bicyclic) bond motifs is 1. The molecule has 1 N–H and O–H groups in total. The molecule has 2 heterocycles. The molecule has 0 fully saturated rings. The van der Waals surface area contributed by atoms with Crippen LogP contribution in [0, 0.1) is 0 Å². The fourth-order valence-electron chi connectivity index (χ4n) is 2.25. The van der Waals surface area contributed by atoms with Gasteiger partial charge in [-0.3, -0.25) is 0 Å². The first-order valence-electron chi connectivity index (χ1n) is 6.52. The quantitative estimate of drug-likeness (QED) is 0.594. The van der Waals surface area contributed by atoms with E-state index in [9.17, 15) is 4.79 Å². The Morgan fingerprint density at radius 2 is 2.18 bits per heavy atom. The largest absolute Gasteiger partial charge is 0.465 e. The topological polar surface area (TPSA) is 69.0 Å². The monoisotopic (exact) mass is 316 g/mol. The summed E-state index contributed by atoms with van der Waals surface area (Å²) in [5.41, 5.74) is 2.10. The Hall–Kier alpha value is -2.60. The summed E-state index contributed by atoms with van der Waals surface area (Å²) in [6.07, 6.45) is 3.30. The van der Waals surface area contributed by atoms with Crippen LogP contribution >= 0.6 is 11.6 Å². The van der Waals surface area contributed by atoms with Crippen LogP contribution in [0.5, 0.6) is 0 Å². The Balaban J connectivity index is 2.08. The van der Waals surface area contributed by atoms with E-state index in [1.54, 1.807) is 0 Å². The first kappa shape index (κ1) is 14.3. The number of methoxy groups -OCH3 is 1. The van der Waals surface area contributed by atoms with Crippen LogP contribution in [0.2, 0.25) is 5.28 Å². The molecule has 112 valence electrons. The number of ether oxygens (including phenoxy) is 1. The third-order valence-corrected chi connectivity index (χ3v) is 3.53. The summed E-state index contributed by atoms with van der Waals surface area (Å²) in [6.45, 7) is 0. The Morgan fingerprint density at radius 3 is 2.95 bits per heavy atom. The summed E-state index contributed by atoms with van der Waals surface area (Å²) in [6, 6.07) is 7.82. The molecule has 0 aliphatic heterocycles. The van der Waals surface area contributed by atoms with Gasteiger partial charge >= 0.3 is 5.97 Å². The van der Waals surface area contributed by atoms with E-state index in [4.69, 9.17) is 16.3 Å². The van der Waals surface area contributed by atoms with E-state index in [0.717, 1.165) is 16.6 Å². The molecule has 3 rings (SSSR count). The maximum absolute atomic E-state index is 11.8. The van der Waals surface area contributed by atoms with E-state index >= 15 is 0 Å². The van der Waals surface area contributed by atoms with Crippen LogP contribution in [0.1, 0.15) is 10.4 Å². The van der Waals surface area contributed by atoms with E-state index in [2.05, 4.69) is 15.3 Å². The van der Waals surface area contributed by atoms with Crippen molar-refractivity contribution in [3.05, 3.63) is 47.5 Å². The zero-order chi connectivity index (χ0) is 15.7. The van der Waals surface area contributed by atoms with E-state index in [1.807, 2.05) is 42.1 Å². The van der Waals surface area contributed by atoms with Gasteiger partial charge in [-0.2, -0.15) is 4.98 Å². The zero-order valence-corrected chi connectivity index (χ0v) is 12.8. The van der Waals surface area contributed by atoms with Crippen LogP contribution in [-0.2, 0) is 11.8 Å². The van der Waals surface area contributed by atoms with Gasteiger partial charge in [0.15, 0.2) is 0 Å². The van der Waals surface area contributed by atoms with Gasteiger partial charge in [0, 0.05) is 36.0 Å². The molecule has 0 radical (unpaired) electrons. The molecule has 0 aliphatic rings. The van der Waals surface area contributed by atoms with Gasteiger partial charge in [0.2, 0.25) is 5.28 Å². The fraction of sp³-hybridized carbons (Fsp3) is 0.133. The number of anilines is 2. The third kappa shape index (κ3) is 2.48. The molecule has 0 unspecified atom stereocenters. The van der Waals surface area contributed by atoms with Crippen molar-refractivity contribution >= 4 is 40.0 Å². The molecular weight excluding hydrogens is 304 g/mol. The van der Waals surface area contributed by atoms with Crippen molar-refractivity contribution < 1.29 is 9.53 Å². The molecule has 1 aromatic carbocycles. The van der Waals surface area contributed by atoms with E-state index < -0.39 is 5.97 Å². The van der Waals surface area contributed by atoms with Gasteiger partial charge in [-0.15, -0.1) is 0 Å². The minimum Gasteiger partial charge on any atom is -0.465 e. The molecule has 0 bridgehead atoms. The summed E-state index contributed by atoms with van der Waals surface area (Å²) in [5, 5.41) is 4.20. The molecule has 2 aromatic heterocycles. The van der Waals surface area contributed by atoms with Crippen molar-refractivity contribution in [1.29, 1.82) is 0 Å². The van der Waals surface area contributed by atoms with Crippen LogP contribution in [0.3, 0.4) is 0 Å². The SMILES string of the molecule is COC(=O)c1cnc(Cl)nc1Nc1cccc2c1ccn2C. The average molecular weight is 317 g/mol. The van der Waals surface area contributed by atoms with Gasteiger partial charge in [0.05, 0.1) is 7.11 Å². The van der Waals surface area contributed by atoms with Gasteiger partial charge in [-0.25, -0.2) is 9.78 Å². The van der Waals surface area contributed by atoms with E-state index in [0.29, 0.717) is 5.82 Å². The molecule has 0 spiro atoms. The zero-order valence-electron chi connectivity index (χ0n) is 12.0. The molecule has 0 amide bonds. The van der Waals surface area contributed by atoms with Crippen molar-refractivity contribution in [2.45, 2.75) is 0 Å². The number of aryl methyl sites for hydroxylation is 1. The average Bonchev–Trinajstić information content (AvgIpc) is 2.89. The normalized spacial score (nSPS) is 10.7. The van der Waals surface area contributed by atoms with E-state index in [1.165, 1.54) is 13.3 Å². The number of hydrogen-bond donors (Lipinski definition) is 1. The first-order valence-corrected chi connectivity index (χ1v) is 6.90. The second kappa shape index (κ2) is 5.65. The van der Waals surface area contributed by atoms with Crippen molar-refractivity contribution in [3.63, 3.8) is 0 Å². The number of esters is 1. The number of carbonyl (C=O) groups is 1. The molecule has 0 saturated carbocycles. The number of nitrogens with zero attached hydrogens (tertiary/aromatic N) is 3. The number of nitrogens with one attached hydrogen (secondary N) is 1. The van der Waals surface area contributed by atoms with Crippen LogP contribution in [0.15, 0.2) is 36.7 Å². The van der Waals surface area contributed by atoms with Gasteiger partial charge in [-0.05, 0) is 29.8 Å². The van der Waals surface area contributed by atoms with Crippen LogP contribution in [-0.4, -0.2) is 27.6 Å². The molecule has 0 aliphatic carbocycles. The Morgan fingerprint density at radius 1 is 1.36 bits per heavy atom. The summed E-state index contributed by atoms with van der Waals surface area (Å²) in [7, 11) is 3.27. The highest BCUT2D eigenvalue weighted by molar-refractivity contribution is 6.28. The summed E-state index contributed by atoms with van der Waals surface area (Å²) in [5.74, 6) is -0.220. The standard InChI is InChI=1S/C15H13ClN4O2/c1-20-7-6-9-11(4-3-5-12(9)20)18-13-10(14(21)22-2)8-17-15(16)19-13/h3-8H,1-2H3,(H,17,18,19). The number of rotatable bonds is 3. The molecule has 6 nitrogen and oxygen atoms in total. The number of carbonyl (C=O) groups excluding carboxylic acids is 1. The molecule has 0 atom stereocenters. The second-order valence-corrected chi connectivity index (χ2v) is 5.02. The highest BCUT2D eigenvalue weighted by Gasteiger charge is 2.16. The number of hydrogen-bond acceptors (Lipinski definition) is 5. The lowest BCUT2D eigenvalue weighted by Gasteiger charge is -2.11. The molecule has 0 saturated heterocycles. The maximum Gasteiger partial charge on any atom is 0.343 e. The van der Waals surface area contributed by atoms with Gasteiger partial charge in [0.25, 0.3) is 0 Å². The van der Waals surface area contributed by atoms with Crippen molar-refractivity contribution in [2.24, 2.45) is 7.05 Å². The van der Waals surface area contributed by atoms with Gasteiger partial charge in [0.1, 0.15) is 11.4 Å². The smallest absolute Gasteiger partial charge is 0.343 e. The van der Waals surface area contributed by atoms with Crippen LogP contribution < -0.4 is 5.32 Å². The van der Waals surface area contributed by atoms with Crippen LogP contribution in [0.25, 0.3) is 10.9 Å². The number of halogens is 1. The highest BCUT2D eigenvalue weighted by atomic mass is 35.5. The van der Waals surface area contributed by atoms with Gasteiger partial charge in [-0.1, -0.05) is 6.07 Å². The molecule has 7 heteroatoms. The number of aromatic nitrogens is 3. The predicted molar refractivity (Wildman–Crippen MR) is 84.6 cm³/mol. The van der Waals surface area contributed by atoms with Crippen molar-refractivity contribution in [2.75, 3.05) is 12.4 Å². The highest BCUT2D eigenvalue weighted by Crippen LogP contribution is 2.28. The summed E-state index contributed by atoms with van der Waals surface area (Å²) >= 11 is 5.83. The molecule has 22 heavy (non-hydrogen) atoms. The van der Waals surface area contributed by atoms with Gasteiger partial charge < -0.3 is 14.6 Å². The van der Waals surface area contributed by atoms with E-state index in [-0.39, 0.29) is 10.8 Å².